The van der Waals surface area contributed by atoms with E-state index in [1.807, 2.05) is 0 Å². The molecular formula is C12H23BrO3. The summed E-state index contributed by atoms with van der Waals surface area (Å²) in [7, 11) is 0. The quantitative estimate of drug-likeness (QED) is 0.794. The molecule has 2 rings (SSSR count). The predicted molar refractivity (Wildman–Crippen MR) is 68.0 cm³/mol. The minimum atomic E-state index is 0.337. The van der Waals surface area contributed by atoms with Gasteiger partial charge in [-0.2, -0.15) is 0 Å². The fourth-order valence-corrected chi connectivity index (χ4v) is 2.48. The van der Waals surface area contributed by atoms with E-state index in [1.165, 1.54) is 12.8 Å². The molecule has 0 unspecified atom stereocenters. The largest absolute Gasteiger partial charge is 0.396 e. The fourth-order valence-electron chi connectivity index (χ4n) is 1.83. The highest BCUT2D eigenvalue weighted by Gasteiger charge is 2.11. The van der Waals surface area contributed by atoms with E-state index in [0.717, 1.165) is 50.5 Å². The van der Waals surface area contributed by atoms with Crippen molar-refractivity contribution in [2.45, 2.75) is 25.7 Å². The topological polar surface area (TPSA) is 38.7 Å². The van der Waals surface area contributed by atoms with Gasteiger partial charge in [0.25, 0.3) is 0 Å². The van der Waals surface area contributed by atoms with Crippen LogP contribution in [0.3, 0.4) is 0 Å². The van der Waals surface area contributed by atoms with Crippen LogP contribution >= 0.6 is 15.9 Å². The van der Waals surface area contributed by atoms with Gasteiger partial charge in [0, 0.05) is 38.4 Å². The molecule has 4 heteroatoms. The molecule has 0 aromatic carbocycles. The van der Waals surface area contributed by atoms with Crippen LogP contribution in [0.25, 0.3) is 0 Å². The van der Waals surface area contributed by atoms with Crippen LogP contribution in [0.5, 0.6) is 0 Å². The molecular weight excluding hydrogens is 272 g/mol. The summed E-state index contributed by atoms with van der Waals surface area (Å²) in [5.41, 5.74) is 0. The summed E-state index contributed by atoms with van der Waals surface area (Å²) in [6.45, 7) is 3.95. The number of hydrogen-bond donors (Lipinski definition) is 1. The first kappa shape index (κ1) is 14.4. The van der Waals surface area contributed by atoms with Crippen LogP contribution in [0.15, 0.2) is 0 Å². The molecule has 0 bridgehead atoms. The Morgan fingerprint density at radius 3 is 1.56 bits per heavy atom. The van der Waals surface area contributed by atoms with Crippen molar-refractivity contribution in [3.05, 3.63) is 0 Å². The van der Waals surface area contributed by atoms with Crippen molar-refractivity contribution in [2.24, 2.45) is 11.8 Å². The van der Waals surface area contributed by atoms with Gasteiger partial charge in [-0.15, -0.1) is 0 Å². The van der Waals surface area contributed by atoms with Crippen molar-refractivity contribution in [1.29, 1.82) is 0 Å². The van der Waals surface area contributed by atoms with Gasteiger partial charge in [-0.05, 0) is 37.5 Å². The van der Waals surface area contributed by atoms with E-state index in [1.54, 1.807) is 0 Å². The summed E-state index contributed by atoms with van der Waals surface area (Å²) < 4.78 is 10.3. The number of alkyl halides is 1. The molecule has 2 fully saturated rings. The predicted octanol–water partition coefficient (Wildman–Crippen LogP) is 2.21. The summed E-state index contributed by atoms with van der Waals surface area (Å²) in [5.74, 6) is 1.40. The highest BCUT2D eigenvalue weighted by atomic mass is 79.9. The Labute approximate surface area is 107 Å². The lowest BCUT2D eigenvalue weighted by atomic mass is 10.0. The molecule has 0 spiro atoms. The third-order valence-electron chi connectivity index (χ3n) is 3.16. The van der Waals surface area contributed by atoms with E-state index in [2.05, 4.69) is 15.9 Å². The molecule has 0 aliphatic carbocycles. The summed E-state index contributed by atoms with van der Waals surface area (Å²) >= 11 is 3.46. The molecule has 1 N–H and O–H groups in total. The maximum absolute atomic E-state index is 8.64. The van der Waals surface area contributed by atoms with Crippen LogP contribution in [0, 0.1) is 11.8 Å². The molecule has 0 saturated carbocycles. The van der Waals surface area contributed by atoms with Crippen molar-refractivity contribution in [2.75, 3.05) is 38.4 Å². The average molecular weight is 295 g/mol. The molecule has 2 aliphatic rings. The lowest BCUT2D eigenvalue weighted by Gasteiger charge is -2.18. The van der Waals surface area contributed by atoms with Gasteiger partial charge in [-0.3, -0.25) is 0 Å². The number of hydrogen-bond acceptors (Lipinski definition) is 3. The summed E-state index contributed by atoms with van der Waals surface area (Å²) in [5, 5.41) is 9.78. The Kier molecular flexibility index (Phi) is 8.47. The highest BCUT2D eigenvalue weighted by Crippen LogP contribution is 2.16. The van der Waals surface area contributed by atoms with Crippen LogP contribution in [0.1, 0.15) is 25.7 Å². The maximum Gasteiger partial charge on any atom is 0.0469 e. The van der Waals surface area contributed by atoms with Gasteiger partial charge in [0.2, 0.25) is 0 Å². The number of aliphatic hydroxyl groups is 1. The SMILES string of the molecule is BrCC1CCOCC1.OCC1CCOCC1. The molecule has 96 valence electrons. The molecule has 0 aromatic rings. The Bertz CT molecular complexity index is 136. The summed E-state index contributed by atoms with van der Waals surface area (Å²) in [6.07, 6.45) is 4.56. The second-order valence-corrected chi connectivity index (χ2v) is 5.10. The molecule has 2 saturated heterocycles. The van der Waals surface area contributed by atoms with Gasteiger partial charge in [-0.25, -0.2) is 0 Å². The van der Waals surface area contributed by atoms with Crippen LogP contribution in [0.4, 0.5) is 0 Å². The van der Waals surface area contributed by atoms with E-state index in [9.17, 15) is 0 Å². The van der Waals surface area contributed by atoms with Gasteiger partial charge >= 0.3 is 0 Å². The van der Waals surface area contributed by atoms with E-state index in [4.69, 9.17) is 14.6 Å². The van der Waals surface area contributed by atoms with Crippen molar-refractivity contribution >= 4 is 15.9 Å². The lowest BCUT2D eigenvalue weighted by Crippen LogP contribution is -2.18. The Hall–Kier alpha value is 0.360. The molecule has 0 aromatic heterocycles. The van der Waals surface area contributed by atoms with Gasteiger partial charge in [-0.1, -0.05) is 15.9 Å². The maximum atomic E-state index is 8.64. The Balaban J connectivity index is 0.000000160. The first-order chi connectivity index (χ1) is 7.86. The minimum absolute atomic E-state index is 0.337. The molecule has 3 nitrogen and oxygen atoms in total. The monoisotopic (exact) mass is 294 g/mol. The van der Waals surface area contributed by atoms with Crippen molar-refractivity contribution < 1.29 is 14.6 Å². The first-order valence-electron chi connectivity index (χ1n) is 6.19. The zero-order chi connectivity index (χ0) is 11.6. The van der Waals surface area contributed by atoms with Gasteiger partial charge in [0.05, 0.1) is 0 Å². The standard InChI is InChI=1S/C6H11BrO.C6H12O2/c2*7-5-6-1-3-8-4-2-6/h6H,1-5H2;6-7H,1-5H2. The zero-order valence-electron chi connectivity index (χ0n) is 9.87. The summed E-state index contributed by atoms with van der Waals surface area (Å²) in [6, 6.07) is 0. The zero-order valence-corrected chi connectivity index (χ0v) is 11.5. The number of aliphatic hydroxyl groups excluding tert-OH is 1. The van der Waals surface area contributed by atoms with Crippen molar-refractivity contribution in [3.8, 4) is 0 Å². The lowest BCUT2D eigenvalue weighted by molar-refractivity contribution is 0.0455. The van der Waals surface area contributed by atoms with Crippen LogP contribution < -0.4 is 0 Å². The van der Waals surface area contributed by atoms with E-state index < -0.39 is 0 Å². The average Bonchev–Trinajstić information content (AvgIpc) is 2.41. The van der Waals surface area contributed by atoms with Gasteiger partial charge in [0.1, 0.15) is 0 Å². The second-order valence-electron chi connectivity index (χ2n) is 4.45. The number of halogens is 1. The number of ether oxygens (including phenoxy) is 2. The van der Waals surface area contributed by atoms with Gasteiger partial charge in [0.15, 0.2) is 0 Å². The molecule has 0 amide bonds. The second kappa shape index (κ2) is 9.40. The third kappa shape index (κ3) is 6.18. The van der Waals surface area contributed by atoms with E-state index in [-0.39, 0.29) is 0 Å². The molecule has 0 atom stereocenters. The molecule has 2 aliphatic heterocycles. The Morgan fingerprint density at radius 1 is 0.875 bits per heavy atom. The molecule has 0 radical (unpaired) electrons. The normalized spacial score (nSPS) is 23.6. The third-order valence-corrected chi connectivity index (χ3v) is 4.07. The highest BCUT2D eigenvalue weighted by molar-refractivity contribution is 9.09. The Morgan fingerprint density at radius 2 is 1.31 bits per heavy atom. The van der Waals surface area contributed by atoms with Crippen molar-refractivity contribution in [1.82, 2.24) is 0 Å². The molecule has 16 heavy (non-hydrogen) atoms. The van der Waals surface area contributed by atoms with E-state index in [0.29, 0.717) is 12.5 Å². The number of rotatable bonds is 2. The minimum Gasteiger partial charge on any atom is -0.396 e. The smallest absolute Gasteiger partial charge is 0.0469 e. The van der Waals surface area contributed by atoms with Gasteiger partial charge < -0.3 is 14.6 Å². The summed E-state index contributed by atoms with van der Waals surface area (Å²) in [4.78, 5) is 0. The van der Waals surface area contributed by atoms with Crippen LogP contribution in [-0.4, -0.2) is 43.5 Å². The fraction of sp³-hybridized carbons (Fsp3) is 1.00. The van der Waals surface area contributed by atoms with E-state index >= 15 is 0 Å². The first-order valence-corrected chi connectivity index (χ1v) is 7.31. The molecule has 2 heterocycles. The van der Waals surface area contributed by atoms with Crippen molar-refractivity contribution in [3.63, 3.8) is 0 Å². The van der Waals surface area contributed by atoms with Crippen LogP contribution in [0.2, 0.25) is 0 Å². The van der Waals surface area contributed by atoms with Crippen LogP contribution in [-0.2, 0) is 9.47 Å².